The Bertz CT molecular complexity index is 307. The average molecular weight is 222 g/mol. The fourth-order valence-electron chi connectivity index (χ4n) is 0.926. The number of ether oxygens (including phenoxy) is 1. The molecule has 1 aromatic carbocycles. The Hall–Kier alpha value is -1.03. The van der Waals surface area contributed by atoms with Crippen molar-refractivity contribution in [2.24, 2.45) is 0 Å². The van der Waals surface area contributed by atoms with Gasteiger partial charge in [0.1, 0.15) is 12.4 Å². The summed E-state index contributed by atoms with van der Waals surface area (Å²) in [5, 5.41) is 3.19. The first-order valence-corrected chi connectivity index (χ1v) is 4.39. The van der Waals surface area contributed by atoms with Gasteiger partial charge in [-0.05, 0) is 18.2 Å². The zero-order valence-corrected chi connectivity index (χ0v) is 8.31. The normalized spacial score (nSPS) is 10.4. The molecule has 2 nitrogen and oxygen atoms in total. The van der Waals surface area contributed by atoms with Crippen molar-refractivity contribution >= 4 is 17.3 Å². The number of hydrogen-bond acceptors (Lipinski definition) is 2. The van der Waals surface area contributed by atoms with Crippen LogP contribution in [0.4, 0.5) is 14.5 Å². The highest BCUT2D eigenvalue weighted by Gasteiger charge is 2.06. The molecule has 1 rings (SSSR count). The third kappa shape index (κ3) is 3.03. The SMILES string of the molecule is CNc1ccc(OCC(F)F)c(Cl)c1. The van der Waals surface area contributed by atoms with E-state index in [1.54, 1.807) is 25.2 Å². The zero-order valence-electron chi connectivity index (χ0n) is 7.56. The molecule has 0 fully saturated rings. The van der Waals surface area contributed by atoms with Gasteiger partial charge in [0, 0.05) is 12.7 Å². The lowest BCUT2D eigenvalue weighted by Crippen LogP contribution is -2.07. The summed E-state index contributed by atoms with van der Waals surface area (Å²) in [5.74, 6) is 0.269. The number of hydrogen-bond donors (Lipinski definition) is 1. The van der Waals surface area contributed by atoms with E-state index in [0.717, 1.165) is 5.69 Å². The molecule has 1 aromatic rings. The van der Waals surface area contributed by atoms with E-state index in [9.17, 15) is 8.78 Å². The fraction of sp³-hybridized carbons (Fsp3) is 0.333. The molecule has 14 heavy (non-hydrogen) atoms. The Labute approximate surface area is 85.8 Å². The number of nitrogens with one attached hydrogen (secondary N) is 1. The zero-order chi connectivity index (χ0) is 10.6. The fourth-order valence-corrected chi connectivity index (χ4v) is 1.16. The van der Waals surface area contributed by atoms with Crippen LogP contribution < -0.4 is 10.1 Å². The molecule has 0 aliphatic rings. The van der Waals surface area contributed by atoms with Crippen molar-refractivity contribution in [3.05, 3.63) is 23.2 Å². The van der Waals surface area contributed by atoms with Gasteiger partial charge in [0.05, 0.1) is 5.02 Å². The largest absolute Gasteiger partial charge is 0.486 e. The highest BCUT2D eigenvalue weighted by atomic mass is 35.5. The maximum Gasteiger partial charge on any atom is 0.272 e. The van der Waals surface area contributed by atoms with Crippen molar-refractivity contribution in [1.82, 2.24) is 0 Å². The highest BCUT2D eigenvalue weighted by molar-refractivity contribution is 6.32. The smallest absolute Gasteiger partial charge is 0.272 e. The Morgan fingerprint density at radius 3 is 2.71 bits per heavy atom. The lowest BCUT2D eigenvalue weighted by Gasteiger charge is -2.08. The number of alkyl halides is 2. The molecular formula is C9H10ClF2NO. The first kappa shape index (κ1) is 11.0. The van der Waals surface area contributed by atoms with E-state index in [0.29, 0.717) is 5.02 Å². The second kappa shape index (κ2) is 5.00. The molecule has 0 heterocycles. The third-order valence-corrected chi connectivity index (χ3v) is 1.88. The first-order valence-electron chi connectivity index (χ1n) is 4.01. The molecule has 5 heteroatoms. The summed E-state index contributed by atoms with van der Waals surface area (Å²) in [6.07, 6.45) is -2.49. The van der Waals surface area contributed by atoms with Crippen LogP contribution in [-0.2, 0) is 0 Å². The number of anilines is 1. The minimum atomic E-state index is -2.49. The van der Waals surface area contributed by atoms with Crippen LogP contribution in [-0.4, -0.2) is 20.1 Å². The molecule has 0 aliphatic carbocycles. The second-order valence-electron chi connectivity index (χ2n) is 2.60. The monoisotopic (exact) mass is 221 g/mol. The molecule has 0 atom stereocenters. The van der Waals surface area contributed by atoms with Crippen molar-refractivity contribution < 1.29 is 13.5 Å². The van der Waals surface area contributed by atoms with Gasteiger partial charge >= 0.3 is 0 Å². The van der Waals surface area contributed by atoms with Gasteiger partial charge in [0.15, 0.2) is 0 Å². The topological polar surface area (TPSA) is 21.3 Å². The molecule has 78 valence electrons. The molecule has 0 radical (unpaired) electrons. The van der Waals surface area contributed by atoms with Crippen LogP contribution in [0, 0.1) is 0 Å². The van der Waals surface area contributed by atoms with Gasteiger partial charge in [-0.1, -0.05) is 11.6 Å². The van der Waals surface area contributed by atoms with E-state index in [2.05, 4.69) is 5.32 Å². The maximum atomic E-state index is 11.8. The maximum absolute atomic E-state index is 11.8. The highest BCUT2D eigenvalue weighted by Crippen LogP contribution is 2.27. The van der Waals surface area contributed by atoms with E-state index >= 15 is 0 Å². The first-order chi connectivity index (χ1) is 6.63. The van der Waals surface area contributed by atoms with E-state index in [1.807, 2.05) is 0 Å². The molecule has 0 amide bonds. The number of rotatable bonds is 4. The minimum absolute atomic E-state index is 0.269. The standard InChI is InChI=1S/C9H10ClF2NO/c1-13-6-2-3-8(7(10)4-6)14-5-9(11)12/h2-4,9,13H,5H2,1H3. The van der Waals surface area contributed by atoms with Crippen molar-refractivity contribution in [2.75, 3.05) is 19.0 Å². The minimum Gasteiger partial charge on any atom is -0.486 e. The van der Waals surface area contributed by atoms with Crippen LogP contribution in [0.5, 0.6) is 5.75 Å². The van der Waals surface area contributed by atoms with E-state index in [1.165, 1.54) is 0 Å². The van der Waals surface area contributed by atoms with Crippen LogP contribution in [0.25, 0.3) is 0 Å². The molecule has 0 aliphatic heterocycles. The van der Waals surface area contributed by atoms with E-state index in [4.69, 9.17) is 16.3 Å². The molecule has 0 bridgehead atoms. The van der Waals surface area contributed by atoms with Gasteiger partial charge in [0.25, 0.3) is 6.43 Å². The number of benzene rings is 1. The summed E-state index contributed by atoms with van der Waals surface area (Å²) in [5.41, 5.74) is 0.805. The molecule has 0 unspecified atom stereocenters. The molecular weight excluding hydrogens is 212 g/mol. The molecule has 0 saturated heterocycles. The second-order valence-corrected chi connectivity index (χ2v) is 3.00. The van der Waals surface area contributed by atoms with E-state index < -0.39 is 13.0 Å². The van der Waals surface area contributed by atoms with E-state index in [-0.39, 0.29) is 5.75 Å². The van der Waals surface area contributed by atoms with Gasteiger partial charge in [0.2, 0.25) is 0 Å². The molecule has 1 N–H and O–H groups in total. The van der Waals surface area contributed by atoms with Crippen molar-refractivity contribution in [3.63, 3.8) is 0 Å². The predicted molar refractivity (Wildman–Crippen MR) is 52.5 cm³/mol. The summed E-state index contributed by atoms with van der Waals surface area (Å²) >= 11 is 5.78. The Kier molecular flexibility index (Phi) is 3.95. The summed E-state index contributed by atoms with van der Waals surface area (Å²) in [4.78, 5) is 0. The van der Waals surface area contributed by atoms with Gasteiger partial charge in [-0.25, -0.2) is 8.78 Å². The Balaban J connectivity index is 2.69. The average Bonchev–Trinajstić information content (AvgIpc) is 2.15. The van der Waals surface area contributed by atoms with Crippen molar-refractivity contribution in [3.8, 4) is 5.75 Å². The third-order valence-electron chi connectivity index (χ3n) is 1.59. The quantitative estimate of drug-likeness (QED) is 0.844. The summed E-state index contributed by atoms with van der Waals surface area (Å²) < 4.78 is 28.4. The van der Waals surface area contributed by atoms with Gasteiger partial charge < -0.3 is 10.1 Å². The van der Waals surface area contributed by atoms with Gasteiger partial charge in [-0.2, -0.15) is 0 Å². The van der Waals surface area contributed by atoms with Crippen LogP contribution in [0.2, 0.25) is 5.02 Å². The number of halogens is 3. The molecule has 0 aromatic heterocycles. The lowest BCUT2D eigenvalue weighted by atomic mass is 10.3. The molecule has 0 saturated carbocycles. The van der Waals surface area contributed by atoms with Crippen LogP contribution in [0.15, 0.2) is 18.2 Å². The van der Waals surface area contributed by atoms with Crippen LogP contribution in [0.1, 0.15) is 0 Å². The van der Waals surface area contributed by atoms with Gasteiger partial charge in [-0.15, -0.1) is 0 Å². The summed E-state index contributed by atoms with van der Waals surface area (Å²) in [6, 6.07) is 4.87. The van der Waals surface area contributed by atoms with Crippen molar-refractivity contribution in [2.45, 2.75) is 6.43 Å². The summed E-state index contributed by atoms with van der Waals surface area (Å²) in [7, 11) is 1.74. The van der Waals surface area contributed by atoms with Crippen LogP contribution in [0.3, 0.4) is 0 Å². The Morgan fingerprint density at radius 1 is 1.50 bits per heavy atom. The van der Waals surface area contributed by atoms with Crippen LogP contribution >= 0.6 is 11.6 Å². The predicted octanol–water partition coefficient (Wildman–Crippen LogP) is 3.03. The Morgan fingerprint density at radius 2 is 2.21 bits per heavy atom. The lowest BCUT2D eigenvalue weighted by molar-refractivity contribution is 0.0820. The van der Waals surface area contributed by atoms with Gasteiger partial charge in [-0.3, -0.25) is 0 Å². The van der Waals surface area contributed by atoms with Crippen molar-refractivity contribution in [1.29, 1.82) is 0 Å². The molecule has 0 spiro atoms. The summed E-state index contributed by atoms with van der Waals surface area (Å²) in [6.45, 7) is -0.640.